The van der Waals surface area contributed by atoms with Gasteiger partial charge in [0.1, 0.15) is 5.75 Å². The van der Waals surface area contributed by atoms with Crippen molar-refractivity contribution in [2.24, 2.45) is 0 Å². The monoisotopic (exact) mass is 200 g/mol. The van der Waals surface area contributed by atoms with E-state index in [9.17, 15) is 0 Å². The molecule has 0 saturated carbocycles. The average Bonchev–Trinajstić information content (AvgIpc) is 2.23. The van der Waals surface area contributed by atoms with Crippen molar-refractivity contribution in [3.63, 3.8) is 0 Å². The lowest BCUT2D eigenvalue weighted by Crippen LogP contribution is -1.96. The van der Waals surface area contributed by atoms with E-state index >= 15 is 0 Å². The summed E-state index contributed by atoms with van der Waals surface area (Å²) in [6.07, 6.45) is 0.899. The highest BCUT2D eigenvalue weighted by molar-refractivity contribution is 6.17. The smallest absolute Gasteiger partial charge is 0.119 e. The topological polar surface area (TPSA) is 9.23 Å². The second-order valence-corrected chi connectivity index (χ2v) is 2.58. The second kappa shape index (κ2) is 9.40. The Morgan fingerprint density at radius 1 is 1.15 bits per heavy atom. The van der Waals surface area contributed by atoms with Gasteiger partial charge in [0, 0.05) is 5.88 Å². The third-order valence-corrected chi connectivity index (χ3v) is 1.56. The van der Waals surface area contributed by atoms with Crippen molar-refractivity contribution in [1.82, 2.24) is 0 Å². The Morgan fingerprint density at radius 3 is 2.31 bits per heavy atom. The standard InChI is InChI=1S/C9H11ClO.C2H6/c10-7-4-8-11-9-5-2-1-3-6-9;1-2/h1-3,5-6H,4,7-8H2;1-2H3. The van der Waals surface area contributed by atoms with Gasteiger partial charge in [0.05, 0.1) is 6.61 Å². The molecule has 0 aliphatic carbocycles. The Bertz CT molecular complexity index is 187. The van der Waals surface area contributed by atoms with Crippen LogP contribution in [-0.4, -0.2) is 12.5 Å². The van der Waals surface area contributed by atoms with Gasteiger partial charge < -0.3 is 4.74 Å². The lowest BCUT2D eigenvalue weighted by Gasteiger charge is -2.02. The van der Waals surface area contributed by atoms with Crippen molar-refractivity contribution in [3.8, 4) is 5.75 Å². The fourth-order valence-corrected chi connectivity index (χ4v) is 0.870. The molecule has 0 fully saturated rings. The van der Waals surface area contributed by atoms with E-state index in [4.69, 9.17) is 16.3 Å². The van der Waals surface area contributed by atoms with Crippen LogP contribution in [0.25, 0.3) is 0 Å². The van der Waals surface area contributed by atoms with Crippen molar-refractivity contribution in [1.29, 1.82) is 0 Å². The molecule has 0 aliphatic rings. The van der Waals surface area contributed by atoms with Crippen molar-refractivity contribution in [3.05, 3.63) is 30.3 Å². The molecular formula is C11H17ClO. The molecule has 1 aromatic carbocycles. The molecule has 74 valence electrons. The van der Waals surface area contributed by atoms with Crippen LogP contribution < -0.4 is 4.74 Å². The normalized spacial score (nSPS) is 8.54. The van der Waals surface area contributed by atoms with Crippen LogP contribution in [0.1, 0.15) is 20.3 Å². The van der Waals surface area contributed by atoms with Gasteiger partial charge in [-0.1, -0.05) is 32.0 Å². The number of ether oxygens (including phenoxy) is 1. The SMILES string of the molecule is CC.ClCCCOc1ccccc1. The summed E-state index contributed by atoms with van der Waals surface area (Å²) in [4.78, 5) is 0. The van der Waals surface area contributed by atoms with Crippen molar-refractivity contribution in [2.75, 3.05) is 12.5 Å². The highest BCUT2D eigenvalue weighted by Gasteiger charge is 1.88. The third kappa shape index (κ3) is 6.47. The van der Waals surface area contributed by atoms with Gasteiger partial charge in [-0.05, 0) is 18.6 Å². The lowest BCUT2D eigenvalue weighted by molar-refractivity contribution is 0.318. The summed E-state index contributed by atoms with van der Waals surface area (Å²) in [7, 11) is 0. The third-order valence-electron chi connectivity index (χ3n) is 1.29. The molecule has 0 saturated heterocycles. The molecule has 13 heavy (non-hydrogen) atoms. The maximum Gasteiger partial charge on any atom is 0.119 e. The minimum absolute atomic E-state index is 0.660. The van der Waals surface area contributed by atoms with Crippen molar-refractivity contribution < 1.29 is 4.74 Å². The molecule has 0 unspecified atom stereocenters. The molecule has 0 N–H and O–H groups in total. The number of para-hydroxylation sites is 1. The fraction of sp³-hybridized carbons (Fsp3) is 0.455. The Morgan fingerprint density at radius 2 is 1.77 bits per heavy atom. The zero-order valence-electron chi connectivity index (χ0n) is 8.29. The predicted octanol–water partition coefficient (Wildman–Crippen LogP) is 3.72. The maximum absolute atomic E-state index is 5.49. The van der Waals surface area contributed by atoms with Crippen LogP contribution in [0.15, 0.2) is 30.3 Å². The van der Waals surface area contributed by atoms with E-state index in [-0.39, 0.29) is 0 Å². The molecule has 1 nitrogen and oxygen atoms in total. The first-order valence-electron chi connectivity index (χ1n) is 4.67. The molecule has 0 aliphatic heterocycles. The number of hydrogen-bond acceptors (Lipinski definition) is 1. The minimum atomic E-state index is 0.660. The molecular weight excluding hydrogens is 184 g/mol. The van der Waals surface area contributed by atoms with Gasteiger partial charge in [0.15, 0.2) is 0 Å². The Hall–Kier alpha value is -0.690. The first kappa shape index (κ1) is 12.3. The van der Waals surface area contributed by atoms with Gasteiger partial charge in [-0.3, -0.25) is 0 Å². The number of rotatable bonds is 4. The van der Waals surface area contributed by atoms with Crippen LogP contribution in [0.2, 0.25) is 0 Å². The second-order valence-electron chi connectivity index (χ2n) is 2.20. The molecule has 0 heterocycles. The van der Waals surface area contributed by atoms with E-state index in [0.29, 0.717) is 12.5 Å². The van der Waals surface area contributed by atoms with E-state index in [0.717, 1.165) is 12.2 Å². The van der Waals surface area contributed by atoms with Crippen LogP contribution in [0, 0.1) is 0 Å². The summed E-state index contributed by atoms with van der Waals surface area (Å²) >= 11 is 5.49. The summed E-state index contributed by atoms with van der Waals surface area (Å²) in [6.45, 7) is 4.70. The van der Waals surface area contributed by atoms with E-state index in [1.807, 2.05) is 44.2 Å². The predicted molar refractivity (Wildman–Crippen MR) is 58.6 cm³/mol. The Kier molecular flexibility index (Phi) is 8.90. The number of halogens is 1. The van der Waals surface area contributed by atoms with E-state index in [2.05, 4.69) is 0 Å². The van der Waals surface area contributed by atoms with Crippen LogP contribution in [0.5, 0.6) is 5.75 Å². The molecule has 1 rings (SSSR count). The van der Waals surface area contributed by atoms with Gasteiger partial charge in [-0.2, -0.15) is 0 Å². The number of benzene rings is 1. The van der Waals surface area contributed by atoms with Gasteiger partial charge in [0.25, 0.3) is 0 Å². The summed E-state index contributed by atoms with van der Waals surface area (Å²) in [5.74, 6) is 1.57. The molecule has 0 bridgehead atoms. The van der Waals surface area contributed by atoms with E-state index < -0.39 is 0 Å². The molecule has 1 aromatic rings. The van der Waals surface area contributed by atoms with Crippen molar-refractivity contribution in [2.45, 2.75) is 20.3 Å². The maximum atomic E-state index is 5.49. The molecule has 0 amide bonds. The molecule has 0 atom stereocenters. The Labute approximate surface area is 85.7 Å². The fourth-order valence-electron chi connectivity index (χ4n) is 0.761. The average molecular weight is 201 g/mol. The Balaban J connectivity index is 0.000000671. The van der Waals surface area contributed by atoms with Gasteiger partial charge in [-0.25, -0.2) is 0 Å². The quantitative estimate of drug-likeness (QED) is 0.532. The zero-order chi connectivity index (χ0) is 9.94. The van der Waals surface area contributed by atoms with Crippen molar-refractivity contribution >= 4 is 11.6 Å². The zero-order valence-corrected chi connectivity index (χ0v) is 9.05. The minimum Gasteiger partial charge on any atom is -0.494 e. The van der Waals surface area contributed by atoms with Gasteiger partial charge in [-0.15, -0.1) is 11.6 Å². The first-order valence-corrected chi connectivity index (χ1v) is 5.21. The molecule has 0 aromatic heterocycles. The summed E-state index contributed by atoms with van der Waals surface area (Å²) in [5, 5.41) is 0. The highest BCUT2D eigenvalue weighted by atomic mass is 35.5. The van der Waals surface area contributed by atoms with Crippen LogP contribution >= 0.6 is 11.6 Å². The van der Waals surface area contributed by atoms with E-state index in [1.165, 1.54) is 0 Å². The van der Waals surface area contributed by atoms with Gasteiger partial charge >= 0.3 is 0 Å². The van der Waals surface area contributed by atoms with Crippen LogP contribution in [0.3, 0.4) is 0 Å². The summed E-state index contributed by atoms with van der Waals surface area (Å²) in [5.41, 5.74) is 0. The lowest BCUT2D eigenvalue weighted by atomic mass is 10.3. The highest BCUT2D eigenvalue weighted by Crippen LogP contribution is 2.08. The summed E-state index contributed by atoms with van der Waals surface area (Å²) in [6, 6.07) is 9.75. The molecule has 0 spiro atoms. The largest absolute Gasteiger partial charge is 0.494 e. The molecule has 2 heteroatoms. The first-order chi connectivity index (χ1) is 6.43. The van der Waals surface area contributed by atoms with E-state index in [1.54, 1.807) is 0 Å². The van der Waals surface area contributed by atoms with Crippen LogP contribution in [-0.2, 0) is 0 Å². The van der Waals surface area contributed by atoms with Gasteiger partial charge in [0.2, 0.25) is 0 Å². The van der Waals surface area contributed by atoms with Crippen LogP contribution in [0.4, 0.5) is 0 Å². The number of hydrogen-bond donors (Lipinski definition) is 0. The summed E-state index contributed by atoms with van der Waals surface area (Å²) < 4.78 is 5.36. The molecule has 0 radical (unpaired) electrons. The number of alkyl halides is 1.